The van der Waals surface area contributed by atoms with E-state index in [2.05, 4.69) is 22.4 Å². The number of amides is 2. The summed E-state index contributed by atoms with van der Waals surface area (Å²) in [6.45, 7) is 1.26. The molecule has 3 aromatic carbocycles. The Balaban J connectivity index is 1.07. The van der Waals surface area contributed by atoms with Crippen LogP contribution in [0.3, 0.4) is 0 Å². The molecule has 198 valence electrons. The molecule has 4 aromatic rings. The van der Waals surface area contributed by atoms with Crippen LogP contribution >= 0.6 is 11.6 Å². The van der Waals surface area contributed by atoms with E-state index in [0.717, 1.165) is 53.6 Å². The van der Waals surface area contributed by atoms with Gasteiger partial charge in [-0.1, -0.05) is 29.8 Å². The number of carbonyl (C=O) groups excluding carboxylic acids is 2. The molecule has 39 heavy (non-hydrogen) atoms. The Morgan fingerprint density at radius 3 is 2.49 bits per heavy atom. The molecule has 1 fully saturated rings. The first-order valence-corrected chi connectivity index (χ1v) is 13.9. The van der Waals surface area contributed by atoms with Crippen molar-refractivity contribution in [3.63, 3.8) is 0 Å². The molecule has 1 aliphatic carbocycles. The number of carbonyl (C=O) groups is 2. The van der Waals surface area contributed by atoms with Crippen LogP contribution in [0.15, 0.2) is 77.7 Å². The Morgan fingerprint density at radius 2 is 1.69 bits per heavy atom. The zero-order valence-electron chi connectivity index (χ0n) is 21.6. The fourth-order valence-electron chi connectivity index (χ4n) is 6.02. The number of fused-ring (bicyclic) bond motifs is 2. The van der Waals surface area contributed by atoms with Crippen molar-refractivity contribution in [2.45, 2.75) is 44.6 Å². The second kappa shape index (κ2) is 10.7. The lowest BCUT2D eigenvalue weighted by molar-refractivity contribution is -0.137. The van der Waals surface area contributed by atoms with Crippen LogP contribution in [0.25, 0.3) is 10.8 Å². The van der Waals surface area contributed by atoms with Gasteiger partial charge in [0.25, 0.3) is 11.5 Å². The van der Waals surface area contributed by atoms with E-state index in [-0.39, 0.29) is 23.3 Å². The van der Waals surface area contributed by atoms with Crippen LogP contribution in [-0.2, 0) is 17.8 Å². The molecule has 2 amide bonds. The number of anilines is 1. The number of aromatic amines is 1. The first-order chi connectivity index (χ1) is 18.9. The molecular formula is C32H30ClN3O3. The van der Waals surface area contributed by atoms with Gasteiger partial charge in [-0.05, 0) is 109 Å². The topological polar surface area (TPSA) is 82.3 Å². The number of benzene rings is 3. The Kier molecular flexibility index (Phi) is 6.96. The van der Waals surface area contributed by atoms with Crippen molar-refractivity contribution in [1.82, 2.24) is 9.88 Å². The third-order valence-electron chi connectivity index (χ3n) is 8.24. The minimum absolute atomic E-state index is 0.0812. The number of nitrogens with one attached hydrogen (secondary N) is 2. The highest BCUT2D eigenvalue weighted by atomic mass is 35.5. The van der Waals surface area contributed by atoms with Crippen molar-refractivity contribution in [3.05, 3.63) is 111 Å². The predicted molar refractivity (Wildman–Crippen MR) is 154 cm³/mol. The summed E-state index contributed by atoms with van der Waals surface area (Å²) < 4.78 is 0. The molecule has 2 N–H and O–H groups in total. The molecule has 0 saturated heterocycles. The lowest BCUT2D eigenvalue weighted by atomic mass is 9.78. The van der Waals surface area contributed by atoms with Crippen molar-refractivity contribution >= 4 is 39.9 Å². The summed E-state index contributed by atoms with van der Waals surface area (Å²) in [4.78, 5) is 42.9. The van der Waals surface area contributed by atoms with Gasteiger partial charge in [0.05, 0.1) is 0 Å². The van der Waals surface area contributed by atoms with Crippen molar-refractivity contribution in [2.75, 3.05) is 11.9 Å². The number of pyridine rings is 1. The number of nitrogens with zero attached hydrogens (tertiary/aromatic N) is 1. The molecule has 0 spiro atoms. The molecule has 0 bridgehead atoms. The molecule has 0 atom stereocenters. The molecule has 1 aliphatic heterocycles. The number of rotatable bonds is 4. The van der Waals surface area contributed by atoms with Crippen molar-refractivity contribution in [2.24, 2.45) is 5.92 Å². The number of hydrogen-bond acceptors (Lipinski definition) is 3. The summed E-state index contributed by atoms with van der Waals surface area (Å²) >= 11 is 6.04. The normalized spacial score (nSPS) is 18.9. The summed E-state index contributed by atoms with van der Waals surface area (Å²) in [5.41, 5.74) is 4.60. The maximum Gasteiger partial charge on any atom is 0.255 e. The quantitative estimate of drug-likeness (QED) is 0.319. The Hall–Kier alpha value is -3.90. The third-order valence-corrected chi connectivity index (χ3v) is 8.49. The molecule has 7 heteroatoms. The average molecular weight is 540 g/mol. The van der Waals surface area contributed by atoms with E-state index >= 15 is 0 Å². The standard InChI is InChI=1S/C32H30ClN3O3/c33-27-9-7-21(8-10-27)20-1-3-22(4-2-20)32(39)36-16-14-23-17-25(5-6-26(23)19-36)30(37)35-28-11-12-29-24(18-28)13-15-34-31(29)38/h5-13,15,17-18,20,22H,1-4,14,16,19H2,(H,34,38)(H,35,37). The lowest BCUT2D eigenvalue weighted by Gasteiger charge is -2.35. The molecule has 0 radical (unpaired) electrons. The van der Waals surface area contributed by atoms with Crippen LogP contribution in [0.1, 0.15) is 58.6 Å². The third kappa shape index (κ3) is 5.34. The number of hydrogen-bond donors (Lipinski definition) is 2. The predicted octanol–water partition coefficient (Wildman–Crippen LogP) is 6.29. The second-order valence-electron chi connectivity index (χ2n) is 10.7. The van der Waals surface area contributed by atoms with Crippen molar-refractivity contribution in [1.29, 1.82) is 0 Å². The van der Waals surface area contributed by atoms with E-state index in [1.54, 1.807) is 24.4 Å². The molecule has 2 heterocycles. The van der Waals surface area contributed by atoms with Crippen molar-refractivity contribution < 1.29 is 9.59 Å². The molecular weight excluding hydrogens is 510 g/mol. The molecule has 0 unspecified atom stereocenters. The van der Waals surface area contributed by atoms with Gasteiger partial charge in [0.2, 0.25) is 5.91 Å². The average Bonchev–Trinajstić information content (AvgIpc) is 2.97. The molecule has 6 nitrogen and oxygen atoms in total. The van der Waals surface area contributed by atoms with Gasteiger partial charge in [0.1, 0.15) is 0 Å². The Morgan fingerprint density at radius 1 is 0.897 bits per heavy atom. The summed E-state index contributed by atoms with van der Waals surface area (Å²) in [6, 6.07) is 20.9. The Bertz CT molecular complexity index is 1600. The van der Waals surface area contributed by atoms with Crippen LogP contribution in [0.5, 0.6) is 0 Å². The van der Waals surface area contributed by atoms with Gasteiger partial charge in [-0.2, -0.15) is 0 Å². The van der Waals surface area contributed by atoms with E-state index in [1.807, 2.05) is 41.3 Å². The SMILES string of the molecule is O=C(Nc1ccc2c(=O)[nH]ccc2c1)c1ccc2c(c1)CCN(C(=O)C1CCC(c3ccc(Cl)cc3)CC1)C2. The summed E-state index contributed by atoms with van der Waals surface area (Å²) in [6.07, 6.45) is 6.21. The Labute approximate surface area is 232 Å². The van der Waals surface area contributed by atoms with Gasteiger partial charge in [-0.25, -0.2) is 0 Å². The number of aromatic nitrogens is 1. The van der Waals surface area contributed by atoms with Crippen LogP contribution in [0.4, 0.5) is 5.69 Å². The second-order valence-corrected chi connectivity index (χ2v) is 11.1. The van der Waals surface area contributed by atoms with Gasteiger partial charge in [-0.3, -0.25) is 14.4 Å². The van der Waals surface area contributed by atoms with Gasteiger partial charge < -0.3 is 15.2 Å². The van der Waals surface area contributed by atoms with Crippen LogP contribution in [-0.4, -0.2) is 28.2 Å². The van der Waals surface area contributed by atoms with Crippen molar-refractivity contribution in [3.8, 4) is 0 Å². The van der Waals surface area contributed by atoms with Crippen LogP contribution < -0.4 is 10.9 Å². The van der Waals surface area contributed by atoms with E-state index < -0.39 is 0 Å². The number of halogens is 1. The van der Waals surface area contributed by atoms with Gasteiger partial charge >= 0.3 is 0 Å². The zero-order chi connectivity index (χ0) is 26.9. The first kappa shape index (κ1) is 25.4. The smallest absolute Gasteiger partial charge is 0.255 e. The van der Waals surface area contributed by atoms with E-state index in [1.165, 1.54) is 5.56 Å². The minimum Gasteiger partial charge on any atom is -0.338 e. The summed E-state index contributed by atoms with van der Waals surface area (Å²) in [7, 11) is 0. The van der Waals surface area contributed by atoms with Crippen LogP contribution in [0, 0.1) is 5.92 Å². The van der Waals surface area contributed by atoms with Gasteiger partial charge in [0, 0.05) is 46.9 Å². The zero-order valence-corrected chi connectivity index (χ0v) is 22.3. The summed E-state index contributed by atoms with van der Waals surface area (Å²) in [5.74, 6) is 0.637. The monoisotopic (exact) mass is 539 g/mol. The highest BCUT2D eigenvalue weighted by Gasteiger charge is 2.31. The van der Waals surface area contributed by atoms with E-state index in [0.29, 0.717) is 35.6 Å². The summed E-state index contributed by atoms with van der Waals surface area (Å²) in [5, 5.41) is 5.05. The van der Waals surface area contributed by atoms with Gasteiger partial charge in [-0.15, -0.1) is 0 Å². The minimum atomic E-state index is -0.196. The number of H-pyrrole nitrogens is 1. The first-order valence-electron chi connectivity index (χ1n) is 13.5. The molecule has 1 saturated carbocycles. The fourth-order valence-corrected chi connectivity index (χ4v) is 6.15. The lowest BCUT2D eigenvalue weighted by Crippen LogP contribution is -2.40. The largest absolute Gasteiger partial charge is 0.338 e. The van der Waals surface area contributed by atoms with E-state index in [4.69, 9.17) is 11.6 Å². The highest BCUT2D eigenvalue weighted by molar-refractivity contribution is 6.30. The maximum absolute atomic E-state index is 13.4. The maximum atomic E-state index is 13.4. The fraction of sp³-hybridized carbons (Fsp3) is 0.281. The van der Waals surface area contributed by atoms with E-state index in [9.17, 15) is 14.4 Å². The molecule has 1 aromatic heterocycles. The van der Waals surface area contributed by atoms with Gasteiger partial charge in [0.15, 0.2) is 0 Å². The molecule has 2 aliphatic rings. The van der Waals surface area contributed by atoms with Crippen LogP contribution in [0.2, 0.25) is 5.02 Å². The molecule has 6 rings (SSSR count). The highest BCUT2D eigenvalue weighted by Crippen LogP contribution is 2.37.